The van der Waals surface area contributed by atoms with Gasteiger partial charge < -0.3 is 15.2 Å². The number of carbonyl (C=O) groups excluding carboxylic acids is 1. The van der Waals surface area contributed by atoms with Crippen molar-refractivity contribution in [3.8, 4) is 22.5 Å². The largest absolute Gasteiger partial charge is 0.335 e. The summed E-state index contributed by atoms with van der Waals surface area (Å²) in [6, 6.07) is 12.2. The summed E-state index contributed by atoms with van der Waals surface area (Å²) in [6.07, 6.45) is 8.15. The maximum Gasteiger partial charge on any atom is 0.319 e. The Hall–Kier alpha value is -4.07. The van der Waals surface area contributed by atoms with Crippen LogP contribution in [0.5, 0.6) is 0 Å². The quantitative estimate of drug-likeness (QED) is 0.545. The van der Waals surface area contributed by atoms with E-state index < -0.39 is 11.8 Å². The van der Waals surface area contributed by atoms with E-state index in [0.717, 1.165) is 16.8 Å². The van der Waals surface area contributed by atoms with Crippen LogP contribution in [0.1, 0.15) is 11.6 Å². The van der Waals surface area contributed by atoms with Gasteiger partial charge in [-0.1, -0.05) is 24.3 Å². The first-order valence-corrected chi connectivity index (χ1v) is 9.42. The molecular weight excluding hydrogens is 383 g/mol. The fraction of sp³-hybridized carbons (Fsp3) is 0.0909. The lowest BCUT2D eigenvalue weighted by molar-refractivity contribution is 0.251. The number of urea groups is 1. The lowest BCUT2D eigenvalue weighted by Crippen LogP contribution is -2.33. The normalized spacial score (nSPS) is 14.1. The molecule has 8 heteroatoms. The summed E-state index contributed by atoms with van der Waals surface area (Å²) in [7, 11) is 0. The molecule has 0 saturated carbocycles. The van der Waals surface area contributed by atoms with Crippen molar-refractivity contribution in [1.82, 2.24) is 24.8 Å². The monoisotopic (exact) mass is 400 g/mol. The van der Waals surface area contributed by atoms with Crippen LogP contribution in [0.15, 0.2) is 73.6 Å². The summed E-state index contributed by atoms with van der Waals surface area (Å²) in [6.45, 7) is 0.372. The zero-order valence-electron chi connectivity index (χ0n) is 15.8. The summed E-state index contributed by atoms with van der Waals surface area (Å²) in [5.74, 6) is -0.522. The Morgan fingerprint density at radius 1 is 1.10 bits per heavy atom. The number of pyridine rings is 2. The van der Waals surface area contributed by atoms with E-state index in [2.05, 4.69) is 25.6 Å². The Kier molecular flexibility index (Phi) is 4.44. The smallest absolute Gasteiger partial charge is 0.319 e. The van der Waals surface area contributed by atoms with E-state index in [4.69, 9.17) is 0 Å². The maximum absolute atomic E-state index is 14.4. The molecule has 4 aromatic rings. The minimum absolute atomic E-state index is 0.0478. The Morgan fingerprint density at radius 3 is 2.77 bits per heavy atom. The number of hydrogen-bond donors (Lipinski definition) is 2. The van der Waals surface area contributed by atoms with Crippen LogP contribution in [0.4, 0.5) is 14.9 Å². The standard InChI is InChI=1S/C22H17FN6O/c23-18-9-15(10-26-21(18)14-5-7-24-8-6-14)28-22(30)27-12-20-17-4-2-1-3-16(17)19-11-25-13-29(19)20/h1-11,13,20H,12H2,(H2,27,28,30). The van der Waals surface area contributed by atoms with Gasteiger partial charge in [0.2, 0.25) is 0 Å². The highest BCUT2D eigenvalue weighted by Crippen LogP contribution is 2.38. The van der Waals surface area contributed by atoms with Gasteiger partial charge in [-0.05, 0) is 17.7 Å². The molecule has 5 rings (SSSR count). The zero-order valence-corrected chi connectivity index (χ0v) is 15.8. The average molecular weight is 400 g/mol. The third-order valence-corrected chi connectivity index (χ3v) is 5.11. The summed E-state index contributed by atoms with van der Waals surface area (Å²) in [4.78, 5) is 24.7. The first kappa shape index (κ1) is 18.0. The molecule has 0 bridgehead atoms. The lowest BCUT2D eigenvalue weighted by atomic mass is 10.0. The minimum atomic E-state index is -0.522. The second-order valence-electron chi connectivity index (χ2n) is 6.91. The molecule has 0 radical (unpaired) electrons. The Bertz CT molecular complexity index is 1220. The van der Waals surface area contributed by atoms with E-state index in [1.165, 1.54) is 12.3 Å². The molecule has 3 aromatic heterocycles. The highest BCUT2D eigenvalue weighted by atomic mass is 19.1. The summed E-state index contributed by atoms with van der Waals surface area (Å²) >= 11 is 0. The molecule has 0 aliphatic carbocycles. The van der Waals surface area contributed by atoms with Gasteiger partial charge in [0.05, 0.1) is 36.1 Å². The van der Waals surface area contributed by atoms with Gasteiger partial charge in [0.25, 0.3) is 0 Å². The first-order chi connectivity index (χ1) is 14.7. The van der Waals surface area contributed by atoms with Crippen molar-refractivity contribution in [1.29, 1.82) is 0 Å². The molecular formula is C22H17FN6O. The van der Waals surface area contributed by atoms with E-state index in [-0.39, 0.29) is 17.4 Å². The molecule has 0 saturated heterocycles. The number of hydrogen-bond acceptors (Lipinski definition) is 4. The summed E-state index contributed by atoms with van der Waals surface area (Å²) < 4.78 is 16.5. The highest BCUT2D eigenvalue weighted by Gasteiger charge is 2.28. The van der Waals surface area contributed by atoms with Gasteiger partial charge in [-0.3, -0.25) is 9.97 Å². The summed E-state index contributed by atoms with van der Waals surface area (Å²) in [5.41, 5.74) is 4.37. The number of fused-ring (bicyclic) bond motifs is 3. The topological polar surface area (TPSA) is 84.7 Å². The van der Waals surface area contributed by atoms with Crippen LogP contribution in [-0.2, 0) is 0 Å². The SMILES string of the molecule is O=C(NCC1c2ccccc2-c2cncn21)Nc1cnc(-c2ccncc2)c(F)c1. The Labute approximate surface area is 171 Å². The third-order valence-electron chi connectivity index (χ3n) is 5.11. The molecule has 1 aromatic carbocycles. The molecule has 1 aliphatic rings. The molecule has 7 nitrogen and oxygen atoms in total. The molecule has 1 aliphatic heterocycles. The van der Waals surface area contributed by atoms with Crippen LogP contribution in [0, 0.1) is 5.82 Å². The predicted molar refractivity (Wildman–Crippen MR) is 110 cm³/mol. The minimum Gasteiger partial charge on any atom is -0.335 e. The number of benzene rings is 1. The molecule has 148 valence electrons. The van der Waals surface area contributed by atoms with Gasteiger partial charge in [0, 0.05) is 36.1 Å². The van der Waals surface area contributed by atoms with Crippen LogP contribution < -0.4 is 10.6 Å². The van der Waals surface area contributed by atoms with Gasteiger partial charge in [-0.25, -0.2) is 14.2 Å². The molecule has 1 unspecified atom stereocenters. The van der Waals surface area contributed by atoms with E-state index in [0.29, 0.717) is 12.1 Å². The van der Waals surface area contributed by atoms with Crippen molar-refractivity contribution in [3.05, 3.63) is 85.0 Å². The van der Waals surface area contributed by atoms with Crippen molar-refractivity contribution in [2.45, 2.75) is 6.04 Å². The van der Waals surface area contributed by atoms with E-state index in [1.54, 1.807) is 30.9 Å². The van der Waals surface area contributed by atoms with Crippen LogP contribution in [0.25, 0.3) is 22.5 Å². The molecule has 30 heavy (non-hydrogen) atoms. The Balaban J connectivity index is 1.27. The third kappa shape index (κ3) is 3.18. The van der Waals surface area contributed by atoms with Crippen molar-refractivity contribution in [2.24, 2.45) is 0 Å². The van der Waals surface area contributed by atoms with Gasteiger partial charge in [-0.15, -0.1) is 0 Å². The van der Waals surface area contributed by atoms with Crippen LogP contribution >= 0.6 is 0 Å². The van der Waals surface area contributed by atoms with Crippen LogP contribution in [0.2, 0.25) is 0 Å². The molecule has 0 fully saturated rings. The van der Waals surface area contributed by atoms with Gasteiger partial charge in [-0.2, -0.15) is 0 Å². The predicted octanol–water partition coefficient (Wildman–Crippen LogP) is 3.87. The molecule has 1 atom stereocenters. The first-order valence-electron chi connectivity index (χ1n) is 9.42. The fourth-order valence-corrected chi connectivity index (χ4v) is 3.73. The number of aromatic nitrogens is 4. The lowest BCUT2D eigenvalue weighted by Gasteiger charge is -2.16. The fourth-order valence-electron chi connectivity index (χ4n) is 3.73. The maximum atomic E-state index is 14.4. The highest BCUT2D eigenvalue weighted by molar-refractivity contribution is 5.89. The van der Waals surface area contributed by atoms with Gasteiger partial charge >= 0.3 is 6.03 Å². The second kappa shape index (κ2) is 7.40. The number of nitrogens with one attached hydrogen (secondary N) is 2. The van der Waals surface area contributed by atoms with Crippen molar-refractivity contribution < 1.29 is 9.18 Å². The number of carbonyl (C=O) groups is 1. The summed E-state index contributed by atoms with van der Waals surface area (Å²) in [5, 5.41) is 5.49. The van der Waals surface area contributed by atoms with Crippen LogP contribution in [0.3, 0.4) is 0 Å². The van der Waals surface area contributed by atoms with Gasteiger partial charge in [0.1, 0.15) is 5.69 Å². The Morgan fingerprint density at radius 2 is 1.93 bits per heavy atom. The number of rotatable bonds is 4. The van der Waals surface area contributed by atoms with Gasteiger partial charge in [0.15, 0.2) is 5.82 Å². The number of imidazole rings is 1. The van der Waals surface area contributed by atoms with E-state index >= 15 is 0 Å². The average Bonchev–Trinajstić information content (AvgIpc) is 3.34. The number of anilines is 1. The zero-order chi connectivity index (χ0) is 20.5. The number of nitrogens with zero attached hydrogens (tertiary/aromatic N) is 4. The van der Waals surface area contributed by atoms with Crippen LogP contribution in [-0.4, -0.2) is 32.1 Å². The molecule has 2 N–H and O–H groups in total. The van der Waals surface area contributed by atoms with E-state index in [9.17, 15) is 9.18 Å². The molecule has 4 heterocycles. The van der Waals surface area contributed by atoms with Crippen molar-refractivity contribution in [3.63, 3.8) is 0 Å². The molecule has 2 amide bonds. The van der Waals surface area contributed by atoms with Crippen molar-refractivity contribution >= 4 is 11.7 Å². The molecule has 0 spiro atoms. The number of halogens is 1. The van der Waals surface area contributed by atoms with E-state index in [1.807, 2.05) is 35.0 Å². The second-order valence-corrected chi connectivity index (χ2v) is 6.91. The number of amides is 2. The van der Waals surface area contributed by atoms with Crippen molar-refractivity contribution in [2.75, 3.05) is 11.9 Å².